The molecule has 5 nitrogen and oxygen atoms in total. The Balaban J connectivity index is 2.49. The highest BCUT2D eigenvalue weighted by Crippen LogP contribution is 2.29. The zero-order chi connectivity index (χ0) is 15.6. The van der Waals surface area contributed by atoms with Gasteiger partial charge in [0.05, 0.1) is 16.3 Å². The van der Waals surface area contributed by atoms with Gasteiger partial charge in [0.2, 0.25) is 0 Å². The number of aryl methyl sites for hydroxylation is 1. The van der Waals surface area contributed by atoms with Gasteiger partial charge >= 0.3 is 0 Å². The number of anilines is 2. The van der Waals surface area contributed by atoms with Gasteiger partial charge in [0, 0.05) is 5.69 Å². The van der Waals surface area contributed by atoms with Crippen molar-refractivity contribution in [3.63, 3.8) is 0 Å². The molecular formula is C14H12ClN3O2S. The molecule has 0 radical (unpaired) electrons. The van der Waals surface area contributed by atoms with Crippen LogP contribution in [0.4, 0.5) is 11.4 Å². The molecule has 0 saturated carbocycles. The summed E-state index contributed by atoms with van der Waals surface area (Å²) in [5.74, 6) is 0. The third-order valence-corrected chi connectivity index (χ3v) is 4.73. The van der Waals surface area contributed by atoms with E-state index in [-0.39, 0.29) is 21.2 Å². The number of hydrogen-bond acceptors (Lipinski definition) is 4. The Labute approximate surface area is 128 Å². The molecule has 0 fully saturated rings. The van der Waals surface area contributed by atoms with Crippen molar-refractivity contribution in [1.82, 2.24) is 0 Å². The zero-order valence-electron chi connectivity index (χ0n) is 11.1. The Morgan fingerprint density at radius 1 is 1.29 bits per heavy atom. The molecule has 3 N–H and O–H groups in total. The van der Waals surface area contributed by atoms with Gasteiger partial charge in [-0.15, -0.1) is 0 Å². The van der Waals surface area contributed by atoms with Gasteiger partial charge in [-0.05, 0) is 36.8 Å². The van der Waals surface area contributed by atoms with E-state index < -0.39 is 10.0 Å². The zero-order valence-corrected chi connectivity index (χ0v) is 12.7. The maximum absolute atomic E-state index is 12.4. The SMILES string of the molecule is Cc1cc(Cl)c(S(=O)(=O)Nc2ccccc2C#N)cc1N. The average Bonchev–Trinajstić information content (AvgIpc) is 2.43. The van der Waals surface area contributed by atoms with Crippen molar-refractivity contribution in [3.8, 4) is 6.07 Å². The summed E-state index contributed by atoms with van der Waals surface area (Å²) in [6, 6.07) is 11.0. The molecule has 0 spiro atoms. The molecule has 0 aliphatic rings. The molecule has 0 unspecified atom stereocenters. The summed E-state index contributed by atoms with van der Waals surface area (Å²) < 4.78 is 27.1. The monoisotopic (exact) mass is 321 g/mol. The molecule has 21 heavy (non-hydrogen) atoms. The van der Waals surface area contributed by atoms with E-state index in [1.165, 1.54) is 24.3 Å². The third-order valence-electron chi connectivity index (χ3n) is 2.90. The molecule has 0 aromatic heterocycles. The highest BCUT2D eigenvalue weighted by Gasteiger charge is 2.20. The van der Waals surface area contributed by atoms with Crippen molar-refractivity contribution in [2.75, 3.05) is 10.5 Å². The fourth-order valence-corrected chi connectivity index (χ4v) is 3.44. The van der Waals surface area contributed by atoms with Gasteiger partial charge in [0.15, 0.2) is 0 Å². The highest BCUT2D eigenvalue weighted by molar-refractivity contribution is 7.92. The molecule has 0 aliphatic heterocycles. The molecule has 0 aliphatic carbocycles. The van der Waals surface area contributed by atoms with Crippen LogP contribution in [0.15, 0.2) is 41.3 Å². The molecule has 0 atom stereocenters. The number of para-hydroxylation sites is 1. The molecule has 0 saturated heterocycles. The summed E-state index contributed by atoms with van der Waals surface area (Å²) in [6.45, 7) is 1.73. The van der Waals surface area contributed by atoms with E-state index in [9.17, 15) is 8.42 Å². The minimum atomic E-state index is -3.93. The topological polar surface area (TPSA) is 96.0 Å². The number of nitriles is 1. The number of benzene rings is 2. The van der Waals surface area contributed by atoms with Crippen LogP contribution in [0, 0.1) is 18.3 Å². The number of rotatable bonds is 3. The Morgan fingerprint density at radius 2 is 1.95 bits per heavy atom. The van der Waals surface area contributed by atoms with Crippen LogP contribution in [-0.4, -0.2) is 8.42 Å². The Morgan fingerprint density at radius 3 is 2.62 bits per heavy atom. The molecule has 2 aromatic rings. The standard InChI is InChI=1S/C14H12ClN3O2S/c1-9-6-11(15)14(7-12(9)17)21(19,20)18-13-5-3-2-4-10(13)8-16/h2-7,18H,17H2,1H3. The van der Waals surface area contributed by atoms with Crippen LogP contribution in [0.1, 0.15) is 11.1 Å². The van der Waals surface area contributed by atoms with E-state index in [0.717, 1.165) is 0 Å². The van der Waals surface area contributed by atoms with Gasteiger partial charge in [-0.3, -0.25) is 4.72 Å². The Bertz CT molecular complexity index is 842. The first-order valence-corrected chi connectivity index (χ1v) is 7.79. The first-order chi connectivity index (χ1) is 9.85. The Kier molecular flexibility index (Phi) is 4.07. The predicted molar refractivity (Wildman–Crippen MR) is 82.6 cm³/mol. The predicted octanol–water partition coefficient (Wildman–Crippen LogP) is 2.90. The van der Waals surface area contributed by atoms with Crippen molar-refractivity contribution >= 4 is 33.0 Å². The largest absolute Gasteiger partial charge is 0.398 e. The van der Waals surface area contributed by atoms with E-state index in [0.29, 0.717) is 11.3 Å². The molecule has 2 aromatic carbocycles. The van der Waals surface area contributed by atoms with Crippen molar-refractivity contribution in [3.05, 3.63) is 52.5 Å². The fourth-order valence-electron chi connectivity index (χ4n) is 1.74. The van der Waals surface area contributed by atoms with Crippen molar-refractivity contribution in [2.45, 2.75) is 11.8 Å². The van der Waals surface area contributed by atoms with Crippen molar-refractivity contribution in [1.29, 1.82) is 5.26 Å². The quantitative estimate of drug-likeness (QED) is 0.849. The lowest BCUT2D eigenvalue weighted by Gasteiger charge is -2.12. The number of halogens is 1. The smallest absolute Gasteiger partial charge is 0.263 e. The van der Waals surface area contributed by atoms with Gasteiger partial charge < -0.3 is 5.73 Å². The highest BCUT2D eigenvalue weighted by atomic mass is 35.5. The van der Waals surface area contributed by atoms with Crippen LogP contribution in [0.25, 0.3) is 0 Å². The summed E-state index contributed by atoms with van der Waals surface area (Å²) in [5, 5.41) is 9.06. The minimum Gasteiger partial charge on any atom is -0.398 e. The molecular weight excluding hydrogens is 310 g/mol. The summed E-state index contributed by atoms with van der Waals surface area (Å²) in [7, 11) is -3.93. The maximum Gasteiger partial charge on any atom is 0.263 e. The van der Waals surface area contributed by atoms with Crippen LogP contribution in [0.3, 0.4) is 0 Å². The van der Waals surface area contributed by atoms with E-state index in [2.05, 4.69) is 4.72 Å². The van der Waals surface area contributed by atoms with E-state index in [1.54, 1.807) is 19.1 Å². The van der Waals surface area contributed by atoms with Crippen LogP contribution >= 0.6 is 11.6 Å². The van der Waals surface area contributed by atoms with Gasteiger partial charge in [0.1, 0.15) is 11.0 Å². The minimum absolute atomic E-state index is 0.0728. The summed E-state index contributed by atoms with van der Waals surface area (Å²) in [6.07, 6.45) is 0. The second-order valence-corrected chi connectivity index (χ2v) is 6.46. The lowest BCUT2D eigenvalue weighted by atomic mass is 10.2. The fraction of sp³-hybridized carbons (Fsp3) is 0.0714. The average molecular weight is 322 g/mol. The van der Waals surface area contributed by atoms with Crippen LogP contribution in [-0.2, 0) is 10.0 Å². The number of hydrogen-bond donors (Lipinski definition) is 2. The van der Waals surface area contributed by atoms with E-state index >= 15 is 0 Å². The first-order valence-electron chi connectivity index (χ1n) is 5.92. The normalized spacial score (nSPS) is 10.9. The van der Waals surface area contributed by atoms with Gasteiger partial charge in [-0.25, -0.2) is 8.42 Å². The van der Waals surface area contributed by atoms with Crippen molar-refractivity contribution in [2.24, 2.45) is 0 Å². The number of nitrogens with two attached hydrogens (primary N) is 1. The second-order valence-electron chi connectivity index (χ2n) is 4.40. The molecule has 2 rings (SSSR count). The number of sulfonamides is 1. The number of nitrogens with one attached hydrogen (secondary N) is 1. The van der Waals surface area contributed by atoms with Crippen molar-refractivity contribution < 1.29 is 8.42 Å². The maximum atomic E-state index is 12.4. The van der Waals surface area contributed by atoms with Gasteiger partial charge in [-0.2, -0.15) is 5.26 Å². The lowest BCUT2D eigenvalue weighted by molar-refractivity contribution is 0.601. The number of nitrogens with zero attached hydrogens (tertiary/aromatic N) is 1. The van der Waals surface area contributed by atoms with E-state index in [4.69, 9.17) is 22.6 Å². The van der Waals surface area contributed by atoms with Gasteiger partial charge in [0.25, 0.3) is 10.0 Å². The second kappa shape index (κ2) is 5.64. The van der Waals surface area contributed by atoms with Crippen LogP contribution in [0.5, 0.6) is 0 Å². The Hall–Kier alpha value is -2.23. The van der Waals surface area contributed by atoms with Crippen LogP contribution < -0.4 is 10.5 Å². The lowest BCUT2D eigenvalue weighted by Crippen LogP contribution is -2.15. The summed E-state index contributed by atoms with van der Waals surface area (Å²) in [4.78, 5) is -0.125. The molecule has 0 heterocycles. The van der Waals surface area contributed by atoms with E-state index in [1.807, 2.05) is 6.07 Å². The van der Waals surface area contributed by atoms with Gasteiger partial charge in [-0.1, -0.05) is 23.7 Å². The molecule has 0 amide bonds. The number of nitrogen functional groups attached to an aromatic ring is 1. The summed E-state index contributed by atoms with van der Waals surface area (Å²) in [5.41, 5.74) is 7.16. The summed E-state index contributed by atoms with van der Waals surface area (Å²) >= 11 is 5.99. The molecule has 108 valence electrons. The first kappa shape index (κ1) is 15.2. The molecule has 0 bridgehead atoms. The van der Waals surface area contributed by atoms with Crippen LogP contribution in [0.2, 0.25) is 5.02 Å². The third kappa shape index (κ3) is 3.10. The molecule has 7 heteroatoms.